The molecule has 2 aromatic carbocycles. The summed E-state index contributed by atoms with van der Waals surface area (Å²) in [7, 11) is 3.23. The van der Waals surface area contributed by atoms with Gasteiger partial charge in [0.2, 0.25) is 0 Å². The van der Waals surface area contributed by atoms with Crippen molar-refractivity contribution < 1.29 is 18.4 Å². The topological polar surface area (TPSA) is 120 Å². The summed E-state index contributed by atoms with van der Waals surface area (Å²) in [6.45, 7) is 1.23. The number of nitrogens with zero attached hydrogens (tertiary/aromatic N) is 4. The second kappa shape index (κ2) is 10.4. The second-order valence-corrected chi connectivity index (χ2v) is 8.46. The maximum absolute atomic E-state index is 13.7. The maximum atomic E-state index is 13.7. The molecule has 2 N–H and O–H groups in total. The van der Waals surface area contributed by atoms with Gasteiger partial charge in [0.15, 0.2) is 11.5 Å². The van der Waals surface area contributed by atoms with Crippen molar-refractivity contribution in [3.63, 3.8) is 0 Å². The van der Waals surface area contributed by atoms with Gasteiger partial charge in [0, 0.05) is 37.3 Å². The number of benzene rings is 2. The summed E-state index contributed by atoms with van der Waals surface area (Å²) in [6, 6.07) is 11.3. The fourth-order valence-corrected chi connectivity index (χ4v) is 4.14. The lowest BCUT2D eigenvalue weighted by Gasteiger charge is -2.11. The second-order valence-electron chi connectivity index (χ2n) is 8.05. The molecule has 0 radical (unpaired) electrons. The van der Waals surface area contributed by atoms with Gasteiger partial charge in [-0.15, -0.1) is 0 Å². The molecule has 0 aliphatic carbocycles. The predicted molar refractivity (Wildman–Crippen MR) is 135 cm³/mol. The number of aromatic nitrogens is 5. The average Bonchev–Trinajstić information content (AvgIpc) is 3.51. The summed E-state index contributed by atoms with van der Waals surface area (Å²) in [6.07, 6.45) is 2.16. The SMILES string of the molecule is COc1ccc(CNCCc2nc3nccc(-c4noc(=O)n4-c4ccc(F)c(Cl)c4)c3[nH]2)c(OC)c1. The number of halogens is 2. The Morgan fingerprint density at radius 3 is 2.81 bits per heavy atom. The van der Waals surface area contributed by atoms with Crippen LogP contribution < -0.4 is 20.5 Å². The summed E-state index contributed by atoms with van der Waals surface area (Å²) in [5.74, 6) is 1.05. The van der Waals surface area contributed by atoms with Crippen molar-refractivity contribution in [2.45, 2.75) is 13.0 Å². The highest BCUT2D eigenvalue weighted by Crippen LogP contribution is 2.28. The molecule has 0 spiro atoms. The van der Waals surface area contributed by atoms with Gasteiger partial charge >= 0.3 is 5.76 Å². The van der Waals surface area contributed by atoms with Crippen molar-refractivity contribution >= 4 is 22.8 Å². The van der Waals surface area contributed by atoms with Gasteiger partial charge in [-0.25, -0.2) is 23.7 Å². The fraction of sp³-hybridized carbons (Fsp3) is 0.200. The van der Waals surface area contributed by atoms with Crippen LogP contribution in [0.25, 0.3) is 28.2 Å². The van der Waals surface area contributed by atoms with Crippen molar-refractivity contribution in [1.82, 2.24) is 30.0 Å². The molecule has 5 rings (SSSR count). The molecule has 0 aliphatic rings. The van der Waals surface area contributed by atoms with Gasteiger partial charge in [0.1, 0.15) is 23.1 Å². The molecule has 0 unspecified atom stereocenters. The molecule has 10 nitrogen and oxygen atoms in total. The van der Waals surface area contributed by atoms with E-state index in [0.29, 0.717) is 47.7 Å². The molecule has 3 heterocycles. The molecule has 12 heteroatoms. The van der Waals surface area contributed by atoms with Gasteiger partial charge in [0.25, 0.3) is 0 Å². The van der Waals surface area contributed by atoms with Gasteiger partial charge in [-0.2, -0.15) is 0 Å². The number of nitrogens with one attached hydrogen (secondary N) is 2. The normalized spacial score (nSPS) is 11.2. The third kappa shape index (κ3) is 4.91. The summed E-state index contributed by atoms with van der Waals surface area (Å²) in [5, 5.41) is 7.20. The van der Waals surface area contributed by atoms with E-state index in [4.69, 9.17) is 25.6 Å². The third-order valence-corrected chi connectivity index (χ3v) is 6.09. The molecule has 37 heavy (non-hydrogen) atoms. The Kier molecular flexibility index (Phi) is 6.89. The highest BCUT2D eigenvalue weighted by Gasteiger charge is 2.20. The Morgan fingerprint density at radius 1 is 1.16 bits per heavy atom. The van der Waals surface area contributed by atoms with Gasteiger partial charge in [-0.05, 0) is 30.3 Å². The number of fused-ring (bicyclic) bond motifs is 1. The third-order valence-electron chi connectivity index (χ3n) is 5.80. The van der Waals surface area contributed by atoms with Crippen molar-refractivity contribution in [3.05, 3.63) is 81.4 Å². The largest absolute Gasteiger partial charge is 0.497 e. The minimum Gasteiger partial charge on any atom is -0.497 e. The quantitative estimate of drug-likeness (QED) is 0.278. The van der Waals surface area contributed by atoms with E-state index in [2.05, 4.69) is 25.4 Å². The van der Waals surface area contributed by atoms with Crippen LogP contribution >= 0.6 is 11.6 Å². The number of rotatable bonds is 9. The first-order valence-electron chi connectivity index (χ1n) is 11.3. The number of aromatic amines is 1. The molecule has 190 valence electrons. The lowest BCUT2D eigenvalue weighted by molar-refractivity contribution is 0.383. The minimum absolute atomic E-state index is 0.125. The number of hydrogen-bond donors (Lipinski definition) is 2. The Balaban J connectivity index is 1.36. The van der Waals surface area contributed by atoms with Crippen LogP contribution in [0.3, 0.4) is 0 Å². The van der Waals surface area contributed by atoms with Crippen LogP contribution in [0.1, 0.15) is 11.4 Å². The highest BCUT2D eigenvalue weighted by molar-refractivity contribution is 6.30. The van der Waals surface area contributed by atoms with Gasteiger partial charge in [0.05, 0.1) is 36.0 Å². The molecule has 5 aromatic rings. The van der Waals surface area contributed by atoms with Gasteiger partial charge in [-0.1, -0.05) is 22.8 Å². The van der Waals surface area contributed by atoms with Crippen LogP contribution in [0.4, 0.5) is 4.39 Å². The van der Waals surface area contributed by atoms with E-state index in [-0.39, 0.29) is 10.8 Å². The Hall–Kier alpha value is -4.22. The summed E-state index contributed by atoms with van der Waals surface area (Å²) in [4.78, 5) is 24.6. The average molecular weight is 525 g/mol. The smallest absolute Gasteiger partial charge is 0.446 e. The zero-order valence-electron chi connectivity index (χ0n) is 19.9. The first-order chi connectivity index (χ1) is 18.0. The lowest BCUT2D eigenvalue weighted by Crippen LogP contribution is -2.17. The minimum atomic E-state index is -0.736. The van der Waals surface area contributed by atoms with Crippen molar-refractivity contribution in [2.75, 3.05) is 20.8 Å². The molecule has 0 saturated carbocycles. The Labute approximate surface area is 215 Å². The lowest BCUT2D eigenvalue weighted by atomic mass is 10.2. The summed E-state index contributed by atoms with van der Waals surface area (Å²) < 4.78 is 30.5. The zero-order chi connectivity index (χ0) is 25.9. The molecule has 0 atom stereocenters. The van der Waals surface area contributed by atoms with Crippen molar-refractivity contribution in [2.24, 2.45) is 0 Å². The molecule has 0 aliphatic heterocycles. The number of methoxy groups -OCH3 is 2. The van der Waals surface area contributed by atoms with E-state index < -0.39 is 11.6 Å². The molecular formula is C25H22ClFN6O4. The summed E-state index contributed by atoms with van der Waals surface area (Å²) >= 11 is 5.92. The maximum Gasteiger partial charge on any atom is 0.446 e. The predicted octanol–water partition coefficient (Wildman–Crippen LogP) is 3.91. The van der Waals surface area contributed by atoms with Crippen molar-refractivity contribution in [3.8, 4) is 28.6 Å². The van der Waals surface area contributed by atoms with E-state index >= 15 is 0 Å². The molecule has 0 saturated heterocycles. The van der Waals surface area contributed by atoms with Crippen LogP contribution in [-0.4, -0.2) is 45.4 Å². The number of H-pyrrole nitrogens is 1. The number of imidazole rings is 1. The molecular weight excluding hydrogens is 503 g/mol. The summed E-state index contributed by atoms with van der Waals surface area (Å²) in [5.41, 5.74) is 2.91. The standard InChI is InChI=1S/C25H22ClFN6O4/c1-35-16-5-3-14(20(12-16)36-2)13-28-9-8-21-30-22-17(7-10-29-23(22)31-21)24-32-37-25(34)33(24)15-4-6-19(27)18(26)11-15/h3-7,10-12,28H,8-9,13H2,1-2H3,(H,29,30,31). The molecule has 3 aromatic heterocycles. The van der Waals surface area contributed by atoms with Gasteiger partial charge < -0.3 is 19.8 Å². The van der Waals surface area contributed by atoms with Crippen LogP contribution in [0.15, 0.2) is 58.0 Å². The first kappa shape index (κ1) is 24.5. The van der Waals surface area contributed by atoms with E-state index in [0.717, 1.165) is 17.1 Å². The van der Waals surface area contributed by atoms with Crippen molar-refractivity contribution in [1.29, 1.82) is 0 Å². The highest BCUT2D eigenvalue weighted by atomic mass is 35.5. The number of ether oxygens (including phenoxy) is 2. The van der Waals surface area contributed by atoms with Crippen LogP contribution in [0, 0.1) is 5.82 Å². The van der Waals surface area contributed by atoms with Crippen LogP contribution in [0.2, 0.25) is 5.02 Å². The first-order valence-corrected chi connectivity index (χ1v) is 11.7. The van der Waals surface area contributed by atoms with E-state index in [9.17, 15) is 9.18 Å². The van der Waals surface area contributed by atoms with Gasteiger partial charge in [-0.3, -0.25) is 4.52 Å². The zero-order valence-corrected chi connectivity index (χ0v) is 20.7. The number of hydrogen-bond acceptors (Lipinski definition) is 8. The van der Waals surface area contributed by atoms with E-state index in [1.165, 1.54) is 22.8 Å². The molecule has 0 amide bonds. The fourth-order valence-electron chi connectivity index (χ4n) is 3.96. The van der Waals surface area contributed by atoms with Crippen LogP contribution in [0.5, 0.6) is 11.5 Å². The Bertz CT molecular complexity index is 1630. The van der Waals surface area contributed by atoms with E-state index in [1.807, 2.05) is 18.2 Å². The monoisotopic (exact) mass is 524 g/mol. The molecule has 0 bridgehead atoms. The Morgan fingerprint density at radius 2 is 2.03 bits per heavy atom. The van der Waals surface area contributed by atoms with Crippen LogP contribution in [-0.2, 0) is 13.0 Å². The number of pyridine rings is 1. The van der Waals surface area contributed by atoms with E-state index in [1.54, 1.807) is 26.5 Å². The molecule has 0 fully saturated rings.